The van der Waals surface area contributed by atoms with Gasteiger partial charge in [0.2, 0.25) is 0 Å². The van der Waals surface area contributed by atoms with Gasteiger partial charge < -0.3 is 19.7 Å². The summed E-state index contributed by atoms with van der Waals surface area (Å²) in [5.74, 6) is -0.0134. The second kappa shape index (κ2) is 7.08. The second-order valence-corrected chi connectivity index (χ2v) is 7.42. The van der Waals surface area contributed by atoms with E-state index in [-0.39, 0.29) is 17.3 Å². The number of nitrogens with zero attached hydrogens (tertiary/aromatic N) is 2. The first-order valence-electron chi connectivity index (χ1n) is 9.04. The molecule has 0 aliphatic heterocycles. The number of aromatic hydroxyl groups is 2. The molecule has 0 saturated carbocycles. The van der Waals surface area contributed by atoms with Crippen LogP contribution in [0.4, 0.5) is 0 Å². The third-order valence-corrected chi connectivity index (χ3v) is 4.93. The molecular weight excluding hydrogens is 340 g/mol. The van der Waals surface area contributed by atoms with Crippen LogP contribution >= 0.6 is 0 Å². The van der Waals surface area contributed by atoms with Crippen LogP contribution in [0.1, 0.15) is 36.2 Å². The summed E-state index contributed by atoms with van der Waals surface area (Å²) in [6.45, 7) is 8.90. The van der Waals surface area contributed by atoms with Crippen LogP contribution in [-0.2, 0) is 6.54 Å². The summed E-state index contributed by atoms with van der Waals surface area (Å²) in [4.78, 5) is 14.0. The SMILES string of the molecule is C=C(C)c1cc2c3cc(C(C)=O)c(O)cc3n(CCCN(C)C)c2cc1O. The lowest BCUT2D eigenvalue weighted by atomic mass is 10.0. The lowest BCUT2D eigenvalue weighted by Crippen LogP contribution is -2.15. The minimum Gasteiger partial charge on any atom is -0.507 e. The van der Waals surface area contributed by atoms with Crippen LogP contribution in [-0.4, -0.2) is 46.1 Å². The van der Waals surface area contributed by atoms with Crippen molar-refractivity contribution in [2.45, 2.75) is 26.8 Å². The first kappa shape index (κ1) is 19.0. The topological polar surface area (TPSA) is 65.7 Å². The van der Waals surface area contributed by atoms with Crippen molar-refractivity contribution in [3.8, 4) is 11.5 Å². The van der Waals surface area contributed by atoms with E-state index in [2.05, 4.69) is 16.0 Å². The van der Waals surface area contributed by atoms with Crippen LogP contribution in [0.15, 0.2) is 30.8 Å². The summed E-state index contributed by atoms with van der Waals surface area (Å²) in [7, 11) is 4.06. The van der Waals surface area contributed by atoms with Gasteiger partial charge in [-0.15, -0.1) is 0 Å². The average Bonchev–Trinajstić information content (AvgIpc) is 2.85. The van der Waals surface area contributed by atoms with E-state index in [0.717, 1.165) is 46.9 Å². The summed E-state index contributed by atoms with van der Waals surface area (Å²) in [6, 6.07) is 7.06. The quantitative estimate of drug-likeness (QED) is 0.635. The zero-order valence-electron chi connectivity index (χ0n) is 16.3. The molecule has 27 heavy (non-hydrogen) atoms. The molecule has 142 valence electrons. The van der Waals surface area contributed by atoms with Gasteiger partial charge in [-0.1, -0.05) is 6.58 Å². The van der Waals surface area contributed by atoms with E-state index < -0.39 is 0 Å². The normalized spacial score (nSPS) is 11.6. The van der Waals surface area contributed by atoms with Crippen molar-refractivity contribution in [2.24, 2.45) is 0 Å². The summed E-state index contributed by atoms with van der Waals surface area (Å²) < 4.78 is 2.10. The molecule has 0 atom stereocenters. The maximum Gasteiger partial charge on any atom is 0.163 e. The number of ketones is 1. The highest BCUT2D eigenvalue weighted by Gasteiger charge is 2.18. The highest BCUT2D eigenvalue weighted by Crippen LogP contribution is 2.38. The maximum absolute atomic E-state index is 11.9. The van der Waals surface area contributed by atoms with Crippen LogP contribution in [0.2, 0.25) is 0 Å². The maximum atomic E-state index is 11.9. The van der Waals surface area contributed by atoms with Crippen molar-refractivity contribution in [1.82, 2.24) is 9.47 Å². The van der Waals surface area contributed by atoms with Gasteiger partial charge in [-0.2, -0.15) is 0 Å². The predicted molar refractivity (Wildman–Crippen MR) is 111 cm³/mol. The van der Waals surface area contributed by atoms with Crippen LogP contribution in [0, 0.1) is 0 Å². The van der Waals surface area contributed by atoms with Crippen LogP contribution in [0.25, 0.3) is 27.4 Å². The van der Waals surface area contributed by atoms with E-state index in [4.69, 9.17) is 0 Å². The van der Waals surface area contributed by atoms with Crippen LogP contribution < -0.4 is 0 Å². The number of Topliss-reactive ketones (excluding diaryl/α,β-unsaturated/α-hetero) is 1. The number of aryl methyl sites for hydroxylation is 1. The fourth-order valence-electron chi connectivity index (χ4n) is 3.57. The van der Waals surface area contributed by atoms with Crippen molar-refractivity contribution < 1.29 is 15.0 Å². The van der Waals surface area contributed by atoms with E-state index in [9.17, 15) is 15.0 Å². The monoisotopic (exact) mass is 366 g/mol. The molecule has 1 aromatic heterocycles. The molecule has 5 nitrogen and oxygen atoms in total. The number of aromatic nitrogens is 1. The molecular formula is C22H26N2O3. The Hall–Kier alpha value is -2.79. The molecule has 3 aromatic rings. The fraction of sp³-hybridized carbons (Fsp3) is 0.318. The van der Waals surface area contributed by atoms with Crippen LogP contribution in [0.3, 0.4) is 0 Å². The predicted octanol–water partition coefficient (Wildman–Crippen LogP) is 4.39. The number of carbonyl (C=O) groups is 1. The van der Waals surface area contributed by atoms with E-state index >= 15 is 0 Å². The van der Waals surface area contributed by atoms with Gasteiger partial charge >= 0.3 is 0 Å². The Labute approximate surface area is 159 Å². The molecule has 0 spiro atoms. The van der Waals surface area contributed by atoms with Gasteiger partial charge in [-0.3, -0.25) is 4.79 Å². The first-order chi connectivity index (χ1) is 12.7. The Morgan fingerprint density at radius 1 is 1.00 bits per heavy atom. The van der Waals surface area contributed by atoms with Gasteiger partial charge in [0.15, 0.2) is 5.78 Å². The minimum absolute atomic E-state index is 0.0176. The number of hydrogen-bond acceptors (Lipinski definition) is 4. The summed E-state index contributed by atoms with van der Waals surface area (Å²) in [5, 5.41) is 22.6. The molecule has 0 aliphatic rings. The number of fused-ring (bicyclic) bond motifs is 3. The number of hydrogen-bond donors (Lipinski definition) is 2. The Bertz CT molecular complexity index is 984. The molecule has 2 aromatic carbocycles. The number of carbonyl (C=O) groups excluding carboxylic acids is 1. The molecule has 5 heteroatoms. The Morgan fingerprint density at radius 3 is 2.00 bits per heavy atom. The lowest BCUT2D eigenvalue weighted by molar-refractivity contribution is 0.101. The molecule has 3 rings (SSSR count). The highest BCUT2D eigenvalue weighted by molar-refractivity contribution is 6.13. The third-order valence-electron chi connectivity index (χ3n) is 4.93. The van der Waals surface area contributed by atoms with Crippen molar-refractivity contribution in [1.29, 1.82) is 0 Å². The first-order valence-corrected chi connectivity index (χ1v) is 9.04. The number of benzene rings is 2. The Balaban J connectivity index is 2.32. The zero-order valence-corrected chi connectivity index (χ0v) is 16.3. The summed E-state index contributed by atoms with van der Waals surface area (Å²) in [5.41, 5.74) is 3.50. The number of phenols is 2. The van der Waals surface area contributed by atoms with E-state index in [1.165, 1.54) is 6.92 Å². The van der Waals surface area contributed by atoms with Crippen molar-refractivity contribution in [3.05, 3.63) is 42.0 Å². The zero-order chi connectivity index (χ0) is 19.9. The average molecular weight is 366 g/mol. The molecule has 1 heterocycles. The van der Waals surface area contributed by atoms with Crippen molar-refractivity contribution >= 4 is 33.2 Å². The van der Waals surface area contributed by atoms with E-state index in [0.29, 0.717) is 11.1 Å². The molecule has 0 aliphatic carbocycles. The molecule has 2 N–H and O–H groups in total. The summed E-state index contributed by atoms with van der Waals surface area (Å²) >= 11 is 0. The Morgan fingerprint density at radius 2 is 1.52 bits per heavy atom. The van der Waals surface area contributed by atoms with Gasteiger partial charge in [0.25, 0.3) is 0 Å². The standard InChI is InChI=1S/C22H26N2O3/c1-13(2)15-9-17-18-10-16(14(3)25)22(27)12-20(18)24(8-6-7-23(4)5)19(17)11-21(15)26/h9-12,26-27H,1,6-8H2,2-5H3. The number of allylic oxidation sites excluding steroid dienone is 1. The van der Waals surface area contributed by atoms with Gasteiger partial charge in [0, 0.05) is 35.0 Å². The largest absolute Gasteiger partial charge is 0.507 e. The molecule has 0 saturated heterocycles. The van der Waals surface area contributed by atoms with Crippen molar-refractivity contribution in [2.75, 3.05) is 20.6 Å². The smallest absolute Gasteiger partial charge is 0.163 e. The molecule has 0 bridgehead atoms. The number of phenolic OH excluding ortho intramolecular Hbond substituents is 2. The van der Waals surface area contributed by atoms with E-state index in [1.54, 1.807) is 18.2 Å². The van der Waals surface area contributed by atoms with Crippen LogP contribution in [0.5, 0.6) is 11.5 Å². The molecule has 0 amide bonds. The highest BCUT2D eigenvalue weighted by atomic mass is 16.3. The second-order valence-electron chi connectivity index (χ2n) is 7.42. The Kier molecular flexibility index (Phi) is 4.98. The van der Waals surface area contributed by atoms with Crippen molar-refractivity contribution in [3.63, 3.8) is 0 Å². The lowest BCUT2D eigenvalue weighted by Gasteiger charge is -2.12. The van der Waals surface area contributed by atoms with E-state index in [1.807, 2.05) is 27.1 Å². The van der Waals surface area contributed by atoms with Gasteiger partial charge in [-0.05, 0) is 58.6 Å². The third kappa shape index (κ3) is 3.43. The molecule has 0 fully saturated rings. The number of rotatable bonds is 6. The van der Waals surface area contributed by atoms with Gasteiger partial charge in [0.05, 0.1) is 16.6 Å². The van der Waals surface area contributed by atoms with Gasteiger partial charge in [-0.25, -0.2) is 0 Å². The fourth-order valence-corrected chi connectivity index (χ4v) is 3.57. The minimum atomic E-state index is -0.179. The summed E-state index contributed by atoms with van der Waals surface area (Å²) in [6.07, 6.45) is 0.921. The molecule has 0 unspecified atom stereocenters. The molecule has 0 radical (unpaired) electrons. The van der Waals surface area contributed by atoms with Gasteiger partial charge in [0.1, 0.15) is 11.5 Å².